The van der Waals surface area contributed by atoms with Crippen molar-refractivity contribution in [1.29, 1.82) is 0 Å². The number of amides is 2. The zero-order valence-corrected chi connectivity index (χ0v) is 24.2. The molecule has 11 heteroatoms. The molecule has 1 N–H and O–H groups in total. The minimum absolute atomic E-state index is 0.0106. The van der Waals surface area contributed by atoms with Crippen molar-refractivity contribution in [3.63, 3.8) is 0 Å². The van der Waals surface area contributed by atoms with Gasteiger partial charge in [-0.2, -0.15) is 0 Å². The number of sulfonamides is 1. The quantitative estimate of drug-likeness (QED) is 0.328. The molecule has 0 aliphatic heterocycles. The molecule has 0 spiro atoms. The summed E-state index contributed by atoms with van der Waals surface area (Å²) in [7, 11) is -4.26. The maximum atomic E-state index is 13.9. The average Bonchev–Trinajstić information content (AvgIpc) is 2.88. The van der Waals surface area contributed by atoms with Crippen LogP contribution in [-0.2, 0) is 26.2 Å². The van der Waals surface area contributed by atoms with E-state index in [1.807, 2.05) is 12.1 Å². The van der Waals surface area contributed by atoms with Gasteiger partial charge in [0.1, 0.15) is 18.4 Å². The van der Waals surface area contributed by atoms with E-state index in [2.05, 4.69) is 21.2 Å². The highest BCUT2D eigenvalue weighted by Gasteiger charge is 2.33. The Hall–Kier alpha value is -2.95. The summed E-state index contributed by atoms with van der Waals surface area (Å²) in [5.74, 6) is -1.73. The zero-order chi connectivity index (χ0) is 28.0. The predicted octanol–water partition coefficient (Wildman–Crippen LogP) is 5.38. The van der Waals surface area contributed by atoms with Crippen LogP contribution in [0.15, 0.2) is 82.2 Å². The number of nitrogens with one attached hydrogen (secondary N) is 1. The molecule has 0 radical (unpaired) electrons. The van der Waals surface area contributed by atoms with Gasteiger partial charge in [0, 0.05) is 17.1 Å². The van der Waals surface area contributed by atoms with E-state index in [1.54, 1.807) is 51.1 Å². The Labute approximate surface area is 235 Å². The molecule has 1 atom stereocenters. The van der Waals surface area contributed by atoms with Gasteiger partial charge >= 0.3 is 0 Å². The molecule has 0 aliphatic rings. The smallest absolute Gasteiger partial charge is 0.264 e. The molecular weight excluding hydrogens is 597 g/mol. The third-order valence-electron chi connectivity index (χ3n) is 5.67. The number of benzene rings is 3. The largest absolute Gasteiger partial charge is 0.352 e. The third kappa shape index (κ3) is 7.33. The first kappa shape index (κ1) is 29.6. The topological polar surface area (TPSA) is 86.8 Å². The van der Waals surface area contributed by atoms with Crippen LogP contribution in [0, 0.1) is 5.82 Å². The lowest BCUT2D eigenvalue weighted by molar-refractivity contribution is -0.139. The first-order chi connectivity index (χ1) is 17.9. The van der Waals surface area contributed by atoms with Gasteiger partial charge in [-0.15, -0.1) is 0 Å². The standard InChI is InChI=1S/C27H28BrClFN3O4S/c1-18(2)31-27(35)19(3)32(16-20-9-11-21(28)12-10-20)26(34)17-33(22-13-14-25(30)24(29)15-22)38(36,37)23-7-5-4-6-8-23/h4-15,18-19H,16-17H2,1-3H3,(H,31,35). The second kappa shape index (κ2) is 12.7. The summed E-state index contributed by atoms with van der Waals surface area (Å²) in [4.78, 5) is 27.9. The average molecular weight is 625 g/mol. The van der Waals surface area contributed by atoms with Crippen molar-refractivity contribution in [2.45, 2.75) is 44.3 Å². The minimum Gasteiger partial charge on any atom is -0.352 e. The number of anilines is 1. The van der Waals surface area contributed by atoms with Gasteiger partial charge in [0.25, 0.3) is 10.0 Å². The van der Waals surface area contributed by atoms with E-state index in [9.17, 15) is 22.4 Å². The van der Waals surface area contributed by atoms with Crippen molar-refractivity contribution in [3.05, 3.63) is 93.7 Å². The Morgan fingerprint density at radius 3 is 2.21 bits per heavy atom. The van der Waals surface area contributed by atoms with E-state index in [4.69, 9.17) is 11.6 Å². The first-order valence-corrected chi connectivity index (χ1v) is 14.4. The Morgan fingerprint density at radius 1 is 1.00 bits per heavy atom. The van der Waals surface area contributed by atoms with E-state index in [1.165, 1.54) is 23.1 Å². The van der Waals surface area contributed by atoms with E-state index in [0.717, 1.165) is 26.5 Å². The molecule has 0 aromatic heterocycles. The molecule has 38 heavy (non-hydrogen) atoms. The SMILES string of the molecule is CC(C)NC(=O)C(C)N(Cc1ccc(Br)cc1)C(=O)CN(c1ccc(F)c(Cl)c1)S(=O)(=O)c1ccccc1. The van der Waals surface area contributed by atoms with Crippen LogP contribution in [0.25, 0.3) is 0 Å². The van der Waals surface area contributed by atoms with Crippen LogP contribution in [0.2, 0.25) is 5.02 Å². The number of carbonyl (C=O) groups is 2. The third-order valence-corrected chi connectivity index (χ3v) is 8.27. The van der Waals surface area contributed by atoms with Gasteiger partial charge in [0.05, 0.1) is 15.6 Å². The van der Waals surface area contributed by atoms with Gasteiger partial charge < -0.3 is 10.2 Å². The van der Waals surface area contributed by atoms with Gasteiger partial charge in [-0.3, -0.25) is 13.9 Å². The first-order valence-electron chi connectivity index (χ1n) is 11.8. The van der Waals surface area contributed by atoms with Gasteiger partial charge in [0.2, 0.25) is 11.8 Å². The van der Waals surface area contributed by atoms with Crippen molar-refractivity contribution in [2.75, 3.05) is 10.8 Å². The van der Waals surface area contributed by atoms with E-state index < -0.39 is 34.3 Å². The van der Waals surface area contributed by atoms with Gasteiger partial charge in [-0.1, -0.05) is 57.9 Å². The molecule has 202 valence electrons. The Morgan fingerprint density at radius 2 is 1.63 bits per heavy atom. The minimum atomic E-state index is -4.26. The highest BCUT2D eigenvalue weighted by atomic mass is 79.9. The number of carbonyl (C=O) groups excluding carboxylic acids is 2. The van der Waals surface area contributed by atoms with Crippen LogP contribution < -0.4 is 9.62 Å². The summed E-state index contributed by atoms with van der Waals surface area (Å²) < 4.78 is 43.0. The van der Waals surface area contributed by atoms with Crippen LogP contribution in [0.3, 0.4) is 0 Å². The summed E-state index contributed by atoms with van der Waals surface area (Å²) in [5, 5.41) is 2.50. The molecule has 1 unspecified atom stereocenters. The van der Waals surface area contributed by atoms with Gasteiger partial charge in [-0.05, 0) is 68.8 Å². The van der Waals surface area contributed by atoms with E-state index >= 15 is 0 Å². The number of hydrogen-bond acceptors (Lipinski definition) is 4. The maximum absolute atomic E-state index is 13.9. The molecule has 0 saturated carbocycles. The lowest BCUT2D eigenvalue weighted by atomic mass is 10.1. The zero-order valence-electron chi connectivity index (χ0n) is 21.1. The second-order valence-electron chi connectivity index (χ2n) is 8.91. The van der Waals surface area contributed by atoms with Crippen molar-refractivity contribution < 1.29 is 22.4 Å². The van der Waals surface area contributed by atoms with E-state index in [0.29, 0.717) is 0 Å². The van der Waals surface area contributed by atoms with Crippen LogP contribution in [0.1, 0.15) is 26.3 Å². The van der Waals surface area contributed by atoms with Crippen molar-refractivity contribution in [2.24, 2.45) is 0 Å². The highest BCUT2D eigenvalue weighted by Crippen LogP contribution is 2.28. The number of nitrogens with zero attached hydrogens (tertiary/aromatic N) is 2. The normalized spacial score (nSPS) is 12.2. The maximum Gasteiger partial charge on any atom is 0.264 e. The molecule has 0 fully saturated rings. The monoisotopic (exact) mass is 623 g/mol. The van der Waals surface area contributed by atoms with Crippen LogP contribution >= 0.6 is 27.5 Å². The highest BCUT2D eigenvalue weighted by molar-refractivity contribution is 9.10. The summed E-state index contributed by atoms with van der Waals surface area (Å²) >= 11 is 9.34. The number of rotatable bonds is 10. The fourth-order valence-electron chi connectivity index (χ4n) is 3.66. The molecule has 7 nitrogen and oxygen atoms in total. The fraction of sp³-hybridized carbons (Fsp3) is 0.259. The Balaban J connectivity index is 2.04. The summed E-state index contributed by atoms with van der Waals surface area (Å²) in [5.41, 5.74) is 0.754. The Bertz CT molecular complexity index is 1390. The molecular formula is C27H28BrClFN3O4S. The molecule has 0 saturated heterocycles. The lowest BCUT2D eigenvalue weighted by Crippen LogP contribution is -2.52. The van der Waals surface area contributed by atoms with Crippen LogP contribution in [-0.4, -0.2) is 43.8 Å². The van der Waals surface area contributed by atoms with Gasteiger partial charge in [0.15, 0.2) is 0 Å². The summed E-state index contributed by atoms with van der Waals surface area (Å²) in [6, 6.07) is 17.2. The van der Waals surface area contributed by atoms with Gasteiger partial charge in [-0.25, -0.2) is 12.8 Å². The fourth-order valence-corrected chi connectivity index (χ4v) is 5.53. The molecule has 2 amide bonds. The number of halogens is 3. The van der Waals surface area contributed by atoms with E-state index in [-0.39, 0.29) is 34.1 Å². The molecule has 3 aromatic rings. The summed E-state index contributed by atoms with van der Waals surface area (Å²) in [6.07, 6.45) is 0. The van der Waals surface area contributed by atoms with Crippen LogP contribution in [0.5, 0.6) is 0 Å². The summed E-state index contributed by atoms with van der Waals surface area (Å²) in [6.45, 7) is 4.60. The van der Waals surface area contributed by atoms with Crippen molar-refractivity contribution in [1.82, 2.24) is 10.2 Å². The van der Waals surface area contributed by atoms with Crippen molar-refractivity contribution in [3.8, 4) is 0 Å². The molecule has 3 rings (SSSR count). The van der Waals surface area contributed by atoms with Crippen molar-refractivity contribution >= 4 is 55.1 Å². The molecule has 0 bridgehead atoms. The lowest BCUT2D eigenvalue weighted by Gasteiger charge is -2.32. The second-order valence-corrected chi connectivity index (χ2v) is 12.1. The Kier molecular flexibility index (Phi) is 9.92. The molecule has 0 aliphatic carbocycles. The molecule has 3 aromatic carbocycles. The predicted molar refractivity (Wildman–Crippen MR) is 150 cm³/mol. The molecule has 0 heterocycles. The van der Waals surface area contributed by atoms with Crippen LogP contribution in [0.4, 0.5) is 10.1 Å². The number of hydrogen-bond donors (Lipinski definition) is 1.